The number of hydrogen-bond acceptors (Lipinski definition) is 6. The lowest BCUT2D eigenvalue weighted by atomic mass is 9.86. The van der Waals surface area contributed by atoms with Crippen LogP contribution in [-0.2, 0) is 16.1 Å². The number of aliphatic hydroxyl groups is 1. The molecule has 1 atom stereocenters. The Hall–Kier alpha value is -2.38. The lowest BCUT2D eigenvalue weighted by Crippen LogP contribution is -2.38. The molecule has 0 saturated heterocycles. The van der Waals surface area contributed by atoms with Gasteiger partial charge in [-0.1, -0.05) is 0 Å². The van der Waals surface area contributed by atoms with E-state index in [-0.39, 0.29) is 6.04 Å². The fourth-order valence-corrected chi connectivity index (χ4v) is 3.58. The molecule has 0 bridgehead atoms. The van der Waals surface area contributed by atoms with Crippen LogP contribution in [0.3, 0.4) is 0 Å². The van der Waals surface area contributed by atoms with E-state index in [1.807, 2.05) is 17.6 Å². The van der Waals surface area contributed by atoms with Gasteiger partial charge in [0, 0.05) is 30.4 Å². The molecule has 4 rings (SSSR count). The molecule has 0 unspecified atom stereocenters. The molecule has 3 aliphatic heterocycles. The van der Waals surface area contributed by atoms with E-state index in [2.05, 4.69) is 4.99 Å². The second kappa shape index (κ2) is 5.57. The Morgan fingerprint density at radius 1 is 1.48 bits per heavy atom. The Morgan fingerprint density at radius 2 is 2.28 bits per heavy atom. The normalized spacial score (nSPS) is 21.4. The Morgan fingerprint density at radius 3 is 3.00 bits per heavy atom. The third-order valence-electron chi connectivity index (χ3n) is 4.77. The van der Waals surface area contributed by atoms with Crippen LogP contribution in [0.15, 0.2) is 34.9 Å². The van der Waals surface area contributed by atoms with Crippen LogP contribution in [0.4, 0.5) is 0 Å². The molecule has 0 aliphatic carbocycles. The van der Waals surface area contributed by atoms with Gasteiger partial charge in [-0.3, -0.25) is 0 Å². The molecule has 25 heavy (non-hydrogen) atoms. The third-order valence-corrected chi connectivity index (χ3v) is 4.77. The van der Waals surface area contributed by atoms with Crippen molar-refractivity contribution in [3.05, 3.63) is 47.1 Å². The zero-order chi connectivity index (χ0) is 17.8. The highest BCUT2D eigenvalue weighted by molar-refractivity contribution is 6.04. The van der Waals surface area contributed by atoms with E-state index in [0.29, 0.717) is 31.2 Å². The maximum atomic E-state index is 10.8. The van der Waals surface area contributed by atoms with Crippen molar-refractivity contribution in [2.24, 2.45) is 10.7 Å². The van der Waals surface area contributed by atoms with E-state index in [1.54, 1.807) is 26.3 Å². The van der Waals surface area contributed by atoms with Crippen molar-refractivity contribution in [1.29, 1.82) is 0 Å². The van der Waals surface area contributed by atoms with Crippen molar-refractivity contribution >= 4 is 11.4 Å². The predicted octanol–water partition coefficient (Wildman–Crippen LogP) is 1.99. The van der Waals surface area contributed by atoms with Crippen molar-refractivity contribution in [2.45, 2.75) is 45.4 Å². The molecule has 3 N–H and O–H groups in total. The first kappa shape index (κ1) is 16.1. The zero-order valence-corrected chi connectivity index (χ0v) is 14.6. The summed E-state index contributed by atoms with van der Waals surface area (Å²) in [6.45, 7) is 6.46. The summed E-state index contributed by atoms with van der Waals surface area (Å²) in [4.78, 5) is 9.05. The summed E-state index contributed by atoms with van der Waals surface area (Å²) < 4.78 is 13.4. The highest BCUT2D eigenvalue weighted by Crippen LogP contribution is 2.46. The second-order valence-electron chi connectivity index (χ2n) is 6.92. The maximum absolute atomic E-state index is 10.8. The summed E-state index contributed by atoms with van der Waals surface area (Å²) in [6.07, 6.45) is 5.81. The number of amidine groups is 1. The number of ether oxygens (including phenoxy) is 2. The van der Waals surface area contributed by atoms with Crippen LogP contribution >= 0.6 is 0 Å². The molecule has 0 aromatic carbocycles. The minimum absolute atomic E-state index is 0.239. The summed E-state index contributed by atoms with van der Waals surface area (Å²) in [6, 6.07) is -0.239. The zero-order valence-electron chi connectivity index (χ0n) is 14.6. The Bertz CT molecular complexity index is 852. The molecule has 132 valence electrons. The van der Waals surface area contributed by atoms with Gasteiger partial charge in [0.25, 0.3) is 0 Å². The van der Waals surface area contributed by atoms with Crippen molar-refractivity contribution in [1.82, 2.24) is 9.55 Å². The molecular weight excluding hydrogens is 320 g/mol. The van der Waals surface area contributed by atoms with Crippen molar-refractivity contribution in [3.63, 3.8) is 0 Å². The van der Waals surface area contributed by atoms with E-state index in [4.69, 9.17) is 20.2 Å². The van der Waals surface area contributed by atoms with Crippen LogP contribution in [0.5, 0.6) is 0 Å². The largest absolute Gasteiger partial charge is 0.469 e. The maximum Gasteiger partial charge on any atom is 0.151 e. The van der Waals surface area contributed by atoms with E-state index in [9.17, 15) is 5.11 Å². The van der Waals surface area contributed by atoms with Crippen molar-refractivity contribution < 1.29 is 14.6 Å². The fourth-order valence-electron chi connectivity index (χ4n) is 3.58. The molecule has 0 fully saturated rings. The first-order valence-electron chi connectivity index (χ1n) is 8.44. The average molecular weight is 342 g/mol. The topological polar surface area (TPSA) is 94.9 Å². The summed E-state index contributed by atoms with van der Waals surface area (Å²) >= 11 is 0. The predicted molar refractivity (Wildman–Crippen MR) is 93.5 cm³/mol. The van der Waals surface area contributed by atoms with Gasteiger partial charge in [-0.15, -0.1) is 0 Å². The first-order chi connectivity index (χ1) is 11.9. The number of nitrogens with two attached hydrogens (primary N) is 1. The number of aromatic nitrogens is 2. The minimum atomic E-state index is -0.972. The number of aliphatic imine (C=N–C) groups is 1. The highest BCUT2D eigenvalue weighted by atomic mass is 16.5. The van der Waals surface area contributed by atoms with Gasteiger partial charge in [0.1, 0.15) is 23.9 Å². The van der Waals surface area contributed by atoms with Gasteiger partial charge < -0.3 is 24.9 Å². The van der Waals surface area contributed by atoms with Gasteiger partial charge in [-0.05, 0) is 26.8 Å². The first-order valence-corrected chi connectivity index (χ1v) is 8.44. The number of nitrogens with zero attached hydrogens (tertiary/aromatic N) is 3. The molecule has 3 aliphatic rings. The van der Waals surface area contributed by atoms with E-state index >= 15 is 0 Å². The molecule has 1 aromatic rings. The van der Waals surface area contributed by atoms with E-state index in [1.165, 1.54) is 0 Å². The SMILES string of the molecule is CCOCc1nc2c3n1[C@@H](C(C)(C)O)CC1=C3C(=CN=C2N)C=CO1. The summed E-state index contributed by atoms with van der Waals surface area (Å²) in [5, 5.41) is 10.8. The number of allylic oxidation sites excluding steroid dienone is 4. The monoisotopic (exact) mass is 342 g/mol. The van der Waals surface area contributed by atoms with Crippen molar-refractivity contribution in [2.75, 3.05) is 6.61 Å². The molecule has 7 heteroatoms. The van der Waals surface area contributed by atoms with Crippen LogP contribution in [0.2, 0.25) is 0 Å². The molecular formula is C18H22N4O3. The molecule has 7 nitrogen and oxygen atoms in total. The number of rotatable bonds is 4. The summed E-state index contributed by atoms with van der Waals surface area (Å²) in [5.74, 6) is 1.90. The molecule has 0 amide bonds. The molecule has 0 saturated carbocycles. The van der Waals surface area contributed by atoms with Gasteiger partial charge in [0.15, 0.2) is 5.84 Å². The van der Waals surface area contributed by atoms with Crippen LogP contribution in [0.25, 0.3) is 5.57 Å². The number of hydrogen-bond donors (Lipinski definition) is 2. The third kappa shape index (κ3) is 2.42. The number of imidazole rings is 1. The minimum Gasteiger partial charge on any atom is -0.469 e. The van der Waals surface area contributed by atoms with Crippen LogP contribution in [-0.4, -0.2) is 32.7 Å². The van der Waals surface area contributed by atoms with Crippen LogP contribution in [0, 0.1) is 0 Å². The highest BCUT2D eigenvalue weighted by Gasteiger charge is 2.42. The van der Waals surface area contributed by atoms with Gasteiger partial charge in [0.05, 0.1) is 23.6 Å². The van der Waals surface area contributed by atoms with E-state index in [0.717, 1.165) is 28.4 Å². The standard InChI is InChI=1S/C18H22N4O3/c1-4-24-9-13-21-15-16-14-10(8-20-17(15)19)5-6-25-11(14)7-12(22(13)16)18(2,3)23/h5-6,8,12,23H,4,7,9H2,1-3H3,(H2,19,20)/t12-/m1/s1. The lowest BCUT2D eigenvalue weighted by molar-refractivity contribution is 0.0127. The van der Waals surface area contributed by atoms with Crippen LogP contribution in [0.1, 0.15) is 50.4 Å². The van der Waals surface area contributed by atoms with Gasteiger partial charge >= 0.3 is 0 Å². The lowest BCUT2D eigenvalue weighted by Gasteiger charge is -2.38. The fraction of sp³-hybridized carbons (Fsp3) is 0.444. The second-order valence-corrected chi connectivity index (χ2v) is 6.92. The van der Waals surface area contributed by atoms with Crippen molar-refractivity contribution in [3.8, 4) is 0 Å². The van der Waals surface area contributed by atoms with Gasteiger partial charge in [-0.25, -0.2) is 9.98 Å². The van der Waals surface area contributed by atoms with Gasteiger partial charge in [0.2, 0.25) is 0 Å². The van der Waals surface area contributed by atoms with Gasteiger partial charge in [-0.2, -0.15) is 0 Å². The smallest absolute Gasteiger partial charge is 0.151 e. The summed E-state index contributed by atoms with van der Waals surface area (Å²) in [5.41, 5.74) is 8.53. The van der Waals surface area contributed by atoms with Crippen LogP contribution < -0.4 is 5.73 Å². The summed E-state index contributed by atoms with van der Waals surface area (Å²) in [7, 11) is 0. The average Bonchev–Trinajstić information content (AvgIpc) is 2.89. The molecule has 1 aromatic heterocycles. The molecule has 4 heterocycles. The molecule has 0 spiro atoms. The Labute approximate surface area is 146 Å². The quantitative estimate of drug-likeness (QED) is 0.872. The Balaban J connectivity index is 2.00. The van der Waals surface area contributed by atoms with E-state index < -0.39 is 5.60 Å². The molecule has 0 radical (unpaired) electrons. The Kier molecular flexibility index (Phi) is 3.59.